The number of H-pyrrole nitrogens is 1. The van der Waals surface area contributed by atoms with Crippen molar-refractivity contribution in [2.45, 2.75) is 5.03 Å². The molecular weight excluding hydrogens is 156 g/mol. The molecule has 0 atom stereocenters. The van der Waals surface area contributed by atoms with E-state index in [0.29, 0.717) is 9.35 Å². The summed E-state index contributed by atoms with van der Waals surface area (Å²) in [6.07, 6.45) is 1.63. The predicted octanol–water partition coefficient (Wildman–Crippen LogP) is 0.140. The van der Waals surface area contributed by atoms with Crippen molar-refractivity contribution in [1.82, 2.24) is 15.4 Å². The van der Waals surface area contributed by atoms with E-state index in [1.807, 2.05) is 0 Å². The molecule has 0 spiro atoms. The maximum atomic E-state index is 5.20. The van der Waals surface area contributed by atoms with Crippen LogP contribution in [0, 0.1) is 0 Å². The molecule has 0 aliphatic heterocycles. The van der Waals surface area contributed by atoms with Gasteiger partial charge in [0.2, 0.25) is 0 Å². The quantitative estimate of drug-likeness (QED) is 0.452. The van der Waals surface area contributed by atoms with Crippen molar-refractivity contribution >= 4 is 28.3 Å². The number of nitrogens with one attached hydrogen (secondary N) is 1. The van der Waals surface area contributed by atoms with Crippen LogP contribution in [-0.2, 0) is 0 Å². The van der Waals surface area contributed by atoms with Crippen molar-refractivity contribution in [2.24, 2.45) is 5.73 Å². The topological polar surface area (TPSA) is 67.6 Å². The molecule has 1 heterocycles. The van der Waals surface area contributed by atoms with Crippen molar-refractivity contribution in [3.05, 3.63) is 6.20 Å². The fourth-order valence-electron chi connectivity index (χ4n) is 0.344. The van der Waals surface area contributed by atoms with Gasteiger partial charge in [-0.25, -0.2) is 0 Å². The summed E-state index contributed by atoms with van der Waals surface area (Å²) in [4.78, 5) is 0. The molecule has 4 nitrogen and oxygen atoms in total. The van der Waals surface area contributed by atoms with Crippen molar-refractivity contribution in [3.8, 4) is 0 Å². The molecule has 0 saturated heterocycles. The predicted molar refractivity (Wildman–Crippen MR) is 39.0 cm³/mol. The first-order chi connectivity index (χ1) is 4.29. The average molecular weight is 160 g/mol. The molecule has 0 amide bonds. The SMILES string of the molecule is NC(=S)Sc1c[nH]nn1. The zero-order chi connectivity index (χ0) is 6.69. The molecular formula is C3H4N4S2. The Morgan fingerprint density at radius 1 is 1.89 bits per heavy atom. The van der Waals surface area contributed by atoms with Gasteiger partial charge >= 0.3 is 0 Å². The summed E-state index contributed by atoms with van der Waals surface area (Å²) in [7, 11) is 0. The number of aromatic nitrogens is 3. The van der Waals surface area contributed by atoms with Gasteiger partial charge in [-0.2, -0.15) is 0 Å². The number of rotatable bonds is 1. The highest BCUT2D eigenvalue weighted by molar-refractivity contribution is 8.22. The lowest BCUT2D eigenvalue weighted by Crippen LogP contribution is -2.00. The van der Waals surface area contributed by atoms with Gasteiger partial charge in [0.1, 0.15) is 9.35 Å². The molecule has 3 N–H and O–H groups in total. The van der Waals surface area contributed by atoms with Gasteiger partial charge in [0.15, 0.2) is 0 Å². The first kappa shape index (κ1) is 6.50. The van der Waals surface area contributed by atoms with Crippen molar-refractivity contribution in [1.29, 1.82) is 0 Å². The van der Waals surface area contributed by atoms with Gasteiger partial charge < -0.3 is 5.73 Å². The molecule has 0 bridgehead atoms. The highest BCUT2D eigenvalue weighted by Crippen LogP contribution is 2.11. The van der Waals surface area contributed by atoms with Gasteiger partial charge in [-0.3, -0.25) is 5.10 Å². The number of nitrogens with zero attached hydrogens (tertiary/aromatic N) is 2. The molecule has 6 heteroatoms. The monoisotopic (exact) mass is 160 g/mol. The second kappa shape index (κ2) is 2.79. The van der Waals surface area contributed by atoms with Crippen molar-refractivity contribution in [2.75, 3.05) is 0 Å². The molecule has 1 rings (SSSR count). The first-order valence-electron chi connectivity index (χ1n) is 2.13. The van der Waals surface area contributed by atoms with Crippen LogP contribution in [-0.4, -0.2) is 19.7 Å². The van der Waals surface area contributed by atoms with E-state index in [1.165, 1.54) is 11.8 Å². The largest absolute Gasteiger partial charge is 0.384 e. The van der Waals surface area contributed by atoms with Gasteiger partial charge in [-0.05, 0) is 11.8 Å². The van der Waals surface area contributed by atoms with E-state index in [2.05, 4.69) is 27.6 Å². The van der Waals surface area contributed by atoms with Crippen LogP contribution in [0.1, 0.15) is 0 Å². The Labute approximate surface area is 61.2 Å². The molecule has 0 aliphatic carbocycles. The summed E-state index contributed by atoms with van der Waals surface area (Å²) in [5.41, 5.74) is 5.20. The van der Waals surface area contributed by atoms with E-state index < -0.39 is 0 Å². The Kier molecular flexibility index (Phi) is 2.01. The molecule has 0 aromatic carbocycles. The fourth-order valence-corrected chi connectivity index (χ4v) is 1.000. The third-order valence-corrected chi connectivity index (χ3v) is 1.46. The number of nitrogens with two attached hydrogens (primary N) is 1. The van der Waals surface area contributed by atoms with E-state index in [1.54, 1.807) is 6.20 Å². The highest BCUT2D eigenvalue weighted by Gasteiger charge is 1.96. The number of thioether (sulfide) groups is 1. The second-order valence-electron chi connectivity index (χ2n) is 1.23. The number of thiocarbonyl (C=S) groups is 1. The smallest absolute Gasteiger partial charge is 0.145 e. The van der Waals surface area contributed by atoms with Crippen LogP contribution >= 0.6 is 24.0 Å². The van der Waals surface area contributed by atoms with Crippen LogP contribution < -0.4 is 5.73 Å². The Morgan fingerprint density at radius 2 is 2.67 bits per heavy atom. The number of hydrogen-bond acceptors (Lipinski definition) is 4. The van der Waals surface area contributed by atoms with Gasteiger partial charge in [-0.1, -0.05) is 17.4 Å². The molecule has 0 saturated carbocycles. The fraction of sp³-hybridized carbons (Fsp3) is 0. The summed E-state index contributed by atoms with van der Waals surface area (Å²) < 4.78 is 0.351. The summed E-state index contributed by atoms with van der Waals surface area (Å²) in [5, 5.41) is 10.3. The minimum Gasteiger partial charge on any atom is -0.384 e. The lowest BCUT2D eigenvalue weighted by Gasteiger charge is -1.86. The Balaban J connectivity index is 2.58. The molecule has 1 aromatic rings. The number of aromatic amines is 1. The minimum atomic E-state index is 0.351. The average Bonchev–Trinajstić information content (AvgIpc) is 2.15. The van der Waals surface area contributed by atoms with Crippen LogP contribution in [0.4, 0.5) is 0 Å². The highest BCUT2D eigenvalue weighted by atomic mass is 32.2. The Morgan fingerprint density at radius 3 is 3.11 bits per heavy atom. The standard InChI is InChI=1S/C3H4N4S2/c4-3(8)9-2-1-5-7-6-2/h1H,(H2,4,8)(H,5,6,7). The molecule has 0 radical (unpaired) electrons. The van der Waals surface area contributed by atoms with Crippen LogP contribution in [0.2, 0.25) is 0 Å². The van der Waals surface area contributed by atoms with Crippen LogP contribution in [0.5, 0.6) is 0 Å². The van der Waals surface area contributed by atoms with E-state index >= 15 is 0 Å². The minimum absolute atomic E-state index is 0.351. The lowest BCUT2D eigenvalue weighted by atomic mass is 11.0. The third-order valence-electron chi connectivity index (χ3n) is 0.599. The van der Waals surface area contributed by atoms with Crippen molar-refractivity contribution in [3.63, 3.8) is 0 Å². The van der Waals surface area contributed by atoms with Gasteiger partial charge in [-0.15, -0.1) is 5.10 Å². The molecule has 0 aliphatic rings. The zero-order valence-corrected chi connectivity index (χ0v) is 6.00. The summed E-state index contributed by atoms with van der Waals surface area (Å²) >= 11 is 5.81. The van der Waals surface area contributed by atoms with Crippen LogP contribution in [0.25, 0.3) is 0 Å². The zero-order valence-electron chi connectivity index (χ0n) is 4.37. The summed E-state index contributed by atoms with van der Waals surface area (Å²) in [5.74, 6) is 0. The maximum absolute atomic E-state index is 5.20. The van der Waals surface area contributed by atoms with Crippen LogP contribution in [0.3, 0.4) is 0 Å². The van der Waals surface area contributed by atoms with Crippen molar-refractivity contribution < 1.29 is 0 Å². The van der Waals surface area contributed by atoms with Gasteiger partial charge in [0, 0.05) is 0 Å². The molecule has 1 aromatic heterocycles. The molecule has 0 fully saturated rings. The summed E-state index contributed by atoms with van der Waals surface area (Å²) in [6, 6.07) is 0. The normalized spacial score (nSPS) is 9.33. The van der Waals surface area contributed by atoms with E-state index in [0.717, 1.165) is 0 Å². The van der Waals surface area contributed by atoms with E-state index in [9.17, 15) is 0 Å². The van der Waals surface area contributed by atoms with E-state index in [-0.39, 0.29) is 0 Å². The van der Waals surface area contributed by atoms with Gasteiger partial charge in [0.05, 0.1) is 6.20 Å². The number of hydrogen-bond donors (Lipinski definition) is 2. The lowest BCUT2D eigenvalue weighted by molar-refractivity contribution is 0.912. The third kappa shape index (κ3) is 1.98. The van der Waals surface area contributed by atoms with Gasteiger partial charge in [0.25, 0.3) is 0 Å². The van der Waals surface area contributed by atoms with E-state index in [4.69, 9.17) is 5.73 Å². The Bertz CT molecular complexity index is 194. The molecule has 0 unspecified atom stereocenters. The summed E-state index contributed by atoms with van der Waals surface area (Å²) in [6.45, 7) is 0. The Hall–Kier alpha value is -0.620. The first-order valence-corrected chi connectivity index (χ1v) is 3.35. The van der Waals surface area contributed by atoms with Crippen LogP contribution in [0.15, 0.2) is 11.2 Å². The molecule has 9 heavy (non-hydrogen) atoms. The maximum Gasteiger partial charge on any atom is 0.145 e. The molecule has 48 valence electrons. The second-order valence-corrected chi connectivity index (χ2v) is 2.99.